The number of piperidine rings is 1. The van der Waals surface area contributed by atoms with Crippen molar-refractivity contribution in [1.82, 2.24) is 4.90 Å². The van der Waals surface area contributed by atoms with Crippen molar-refractivity contribution in [2.45, 2.75) is 45.7 Å². The molecule has 2 unspecified atom stereocenters. The number of benzene rings is 1. The summed E-state index contributed by atoms with van der Waals surface area (Å²) in [6.07, 6.45) is 2.86. The zero-order valence-corrected chi connectivity index (χ0v) is 11.9. The first kappa shape index (κ1) is 14.1. The lowest BCUT2D eigenvalue weighted by atomic mass is 9.94. The predicted octanol–water partition coefficient (Wildman–Crippen LogP) is 2.33. The van der Waals surface area contributed by atoms with E-state index in [0.29, 0.717) is 24.9 Å². The number of amides is 1. The summed E-state index contributed by atoms with van der Waals surface area (Å²) in [5, 5.41) is 0. The van der Waals surface area contributed by atoms with Crippen molar-refractivity contribution >= 4 is 5.91 Å². The lowest BCUT2D eigenvalue weighted by molar-refractivity contribution is -0.134. The van der Waals surface area contributed by atoms with Crippen LogP contribution in [0.3, 0.4) is 0 Å². The normalized spacial score (nSPS) is 23.4. The molecule has 1 aromatic rings. The molecule has 1 heterocycles. The minimum Gasteiger partial charge on any atom is -0.339 e. The standard InChI is InChI=1S/C16H24N2O/c1-12-3-4-13(2)18(11-12)16(19)9-14-5-7-15(10-17)8-6-14/h5-8,12-13H,3-4,9-11,17H2,1-2H3. The molecule has 2 atom stereocenters. The average Bonchev–Trinajstić information content (AvgIpc) is 2.42. The number of rotatable bonds is 3. The Morgan fingerprint density at radius 1 is 1.21 bits per heavy atom. The Balaban J connectivity index is 1.99. The van der Waals surface area contributed by atoms with Gasteiger partial charge in [0, 0.05) is 19.1 Å². The topological polar surface area (TPSA) is 46.3 Å². The number of hydrogen-bond acceptors (Lipinski definition) is 2. The summed E-state index contributed by atoms with van der Waals surface area (Å²) in [6.45, 7) is 5.83. The summed E-state index contributed by atoms with van der Waals surface area (Å²) in [5.74, 6) is 0.874. The molecule has 0 saturated carbocycles. The lowest BCUT2D eigenvalue weighted by Gasteiger charge is -2.37. The largest absolute Gasteiger partial charge is 0.339 e. The SMILES string of the molecule is CC1CCC(C)N(C(=O)Cc2ccc(CN)cc2)C1. The van der Waals surface area contributed by atoms with Crippen LogP contribution in [0.25, 0.3) is 0 Å². The van der Waals surface area contributed by atoms with Gasteiger partial charge in [0.2, 0.25) is 5.91 Å². The Kier molecular flexibility index (Phi) is 4.59. The van der Waals surface area contributed by atoms with Gasteiger partial charge in [-0.3, -0.25) is 4.79 Å². The van der Waals surface area contributed by atoms with Crippen LogP contribution < -0.4 is 5.73 Å². The summed E-state index contributed by atoms with van der Waals surface area (Å²) in [4.78, 5) is 14.4. The highest BCUT2D eigenvalue weighted by Gasteiger charge is 2.26. The van der Waals surface area contributed by atoms with Crippen molar-refractivity contribution in [3.8, 4) is 0 Å². The molecule has 0 bridgehead atoms. The van der Waals surface area contributed by atoms with E-state index >= 15 is 0 Å². The van der Waals surface area contributed by atoms with Gasteiger partial charge in [-0.2, -0.15) is 0 Å². The molecule has 3 heteroatoms. The summed E-state index contributed by atoms with van der Waals surface area (Å²) in [6, 6.07) is 8.42. The quantitative estimate of drug-likeness (QED) is 0.906. The van der Waals surface area contributed by atoms with E-state index in [-0.39, 0.29) is 5.91 Å². The molecule has 104 valence electrons. The maximum atomic E-state index is 12.4. The molecule has 19 heavy (non-hydrogen) atoms. The van der Waals surface area contributed by atoms with Crippen molar-refractivity contribution in [3.05, 3.63) is 35.4 Å². The molecule has 1 aliphatic rings. The predicted molar refractivity (Wildman–Crippen MR) is 77.6 cm³/mol. The third-order valence-electron chi connectivity index (χ3n) is 4.05. The van der Waals surface area contributed by atoms with Gasteiger partial charge in [-0.15, -0.1) is 0 Å². The van der Waals surface area contributed by atoms with Crippen LogP contribution >= 0.6 is 0 Å². The van der Waals surface area contributed by atoms with Crippen LogP contribution in [-0.2, 0) is 17.8 Å². The van der Waals surface area contributed by atoms with Gasteiger partial charge in [-0.05, 0) is 36.8 Å². The molecule has 0 aliphatic carbocycles. The Hall–Kier alpha value is -1.35. The van der Waals surface area contributed by atoms with Crippen LogP contribution in [0.4, 0.5) is 0 Å². The summed E-state index contributed by atoms with van der Waals surface area (Å²) in [7, 11) is 0. The van der Waals surface area contributed by atoms with Crippen molar-refractivity contribution in [2.24, 2.45) is 11.7 Å². The van der Waals surface area contributed by atoms with E-state index in [9.17, 15) is 4.79 Å². The third-order valence-corrected chi connectivity index (χ3v) is 4.05. The Morgan fingerprint density at radius 2 is 1.84 bits per heavy atom. The molecule has 1 aliphatic heterocycles. The second-order valence-electron chi connectivity index (χ2n) is 5.78. The van der Waals surface area contributed by atoms with Gasteiger partial charge in [-0.25, -0.2) is 0 Å². The Morgan fingerprint density at radius 3 is 2.47 bits per heavy atom. The zero-order chi connectivity index (χ0) is 13.8. The van der Waals surface area contributed by atoms with Crippen molar-refractivity contribution in [2.75, 3.05) is 6.54 Å². The molecule has 1 amide bonds. The van der Waals surface area contributed by atoms with Crippen LogP contribution in [0.2, 0.25) is 0 Å². The molecular weight excluding hydrogens is 236 g/mol. The maximum Gasteiger partial charge on any atom is 0.227 e. The number of carbonyl (C=O) groups is 1. The van der Waals surface area contributed by atoms with Gasteiger partial charge in [0.15, 0.2) is 0 Å². The second-order valence-corrected chi connectivity index (χ2v) is 5.78. The highest BCUT2D eigenvalue weighted by molar-refractivity contribution is 5.79. The van der Waals surface area contributed by atoms with E-state index < -0.39 is 0 Å². The highest BCUT2D eigenvalue weighted by atomic mass is 16.2. The van der Waals surface area contributed by atoms with Crippen LogP contribution in [-0.4, -0.2) is 23.4 Å². The summed E-state index contributed by atoms with van der Waals surface area (Å²) < 4.78 is 0. The van der Waals surface area contributed by atoms with E-state index in [0.717, 1.165) is 24.1 Å². The fourth-order valence-electron chi connectivity index (χ4n) is 2.71. The molecule has 1 aromatic carbocycles. The average molecular weight is 260 g/mol. The number of carbonyl (C=O) groups excluding carboxylic acids is 1. The molecule has 3 nitrogen and oxygen atoms in total. The Bertz CT molecular complexity index is 427. The van der Waals surface area contributed by atoms with E-state index in [2.05, 4.69) is 13.8 Å². The van der Waals surface area contributed by atoms with Crippen molar-refractivity contribution in [3.63, 3.8) is 0 Å². The minimum atomic E-state index is 0.250. The van der Waals surface area contributed by atoms with Crippen LogP contribution in [0.1, 0.15) is 37.8 Å². The first-order valence-corrected chi connectivity index (χ1v) is 7.17. The highest BCUT2D eigenvalue weighted by Crippen LogP contribution is 2.22. The molecule has 1 fully saturated rings. The van der Waals surface area contributed by atoms with Crippen LogP contribution in [0.5, 0.6) is 0 Å². The van der Waals surface area contributed by atoms with Crippen LogP contribution in [0, 0.1) is 5.92 Å². The second kappa shape index (κ2) is 6.20. The first-order chi connectivity index (χ1) is 9.10. The fraction of sp³-hybridized carbons (Fsp3) is 0.562. The summed E-state index contributed by atoms with van der Waals surface area (Å²) in [5.41, 5.74) is 7.76. The van der Waals surface area contributed by atoms with E-state index in [4.69, 9.17) is 5.73 Å². The fourth-order valence-corrected chi connectivity index (χ4v) is 2.71. The number of nitrogens with two attached hydrogens (primary N) is 1. The van der Waals surface area contributed by atoms with Gasteiger partial charge in [-0.1, -0.05) is 31.2 Å². The van der Waals surface area contributed by atoms with Gasteiger partial charge in [0.1, 0.15) is 0 Å². The summed E-state index contributed by atoms with van der Waals surface area (Å²) >= 11 is 0. The number of hydrogen-bond donors (Lipinski definition) is 1. The maximum absolute atomic E-state index is 12.4. The lowest BCUT2D eigenvalue weighted by Crippen LogP contribution is -2.45. The van der Waals surface area contributed by atoms with E-state index in [1.54, 1.807) is 0 Å². The zero-order valence-electron chi connectivity index (χ0n) is 11.9. The molecule has 2 rings (SSSR count). The number of likely N-dealkylation sites (tertiary alicyclic amines) is 1. The van der Waals surface area contributed by atoms with Gasteiger partial charge >= 0.3 is 0 Å². The van der Waals surface area contributed by atoms with E-state index in [1.807, 2.05) is 29.2 Å². The molecule has 0 radical (unpaired) electrons. The monoisotopic (exact) mass is 260 g/mol. The van der Waals surface area contributed by atoms with Crippen molar-refractivity contribution < 1.29 is 4.79 Å². The van der Waals surface area contributed by atoms with Gasteiger partial charge < -0.3 is 10.6 Å². The van der Waals surface area contributed by atoms with Gasteiger partial charge in [0.05, 0.1) is 6.42 Å². The van der Waals surface area contributed by atoms with Crippen LogP contribution in [0.15, 0.2) is 24.3 Å². The molecule has 0 aromatic heterocycles. The number of nitrogens with zero attached hydrogens (tertiary/aromatic N) is 1. The van der Waals surface area contributed by atoms with E-state index in [1.165, 1.54) is 6.42 Å². The van der Waals surface area contributed by atoms with Gasteiger partial charge in [0.25, 0.3) is 0 Å². The first-order valence-electron chi connectivity index (χ1n) is 7.17. The molecule has 1 saturated heterocycles. The molecule has 2 N–H and O–H groups in total. The molecular formula is C16H24N2O. The van der Waals surface area contributed by atoms with Crippen molar-refractivity contribution in [1.29, 1.82) is 0 Å². The Labute approximate surface area is 115 Å². The smallest absolute Gasteiger partial charge is 0.227 e. The molecule has 0 spiro atoms. The third kappa shape index (κ3) is 3.57. The minimum absolute atomic E-state index is 0.250.